The van der Waals surface area contributed by atoms with Crippen LogP contribution in [-0.4, -0.2) is 31.7 Å². The van der Waals surface area contributed by atoms with E-state index in [-0.39, 0.29) is 0 Å². The molecule has 2 nitrogen and oxygen atoms in total. The molecule has 0 heterocycles. The molecule has 0 aliphatic carbocycles. The van der Waals surface area contributed by atoms with Crippen molar-refractivity contribution in [3.63, 3.8) is 0 Å². The van der Waals surface area contributed by atoms with Crippen LogP contribution < -0.4 is 0 Å². The summed E-state index contributed by atoms with van der Waals surface area (Å²) in [6, 6.07) is 8.74. The lowest BCUT2D eigenvalue weighted by Gasteiger charge is -2.24. The topological polar surface area (TPSA) is 12.5 Å². The molecule has 0 saturated carbocycles. The molecule has 0 bridgehead atoms. The Bertz CT molecular complexity index is 303. The van der Waals surface area contributed by atoms with Gasteiger partial charge in [-0.05, 0) is 25.6 Å². The molecular weight excluding hydrogens is 254 g/mol. The second-order valence-electron chi connectivity index (χ2n) is 3.81. The number of benzene rings is 1. The second-order valence-corrected chi connectivity index (χ2v) is 4.67. The van der Waals surface area contributed by atoms with Gasteiger partial charge >= 0.3 is 0 Å². The molecule has 0 spiro atoms. The average molecular weight is 272 g/mol. The van der Waals surface area contributed by atoms with Gasteiger partial charge in [-0.25, -0.2) is 0 Å². The SMILES string of the molecule is COCC(C)N(C)Cc1ccccc1Br. The van der Waals surface area contributed by atoms with Crippen molar-refractivity contribution < 1.29 is 4.74 Å². The van der Waals surface area contributed by atoms with E-state index in [1.54, 1.807) is 7.11 Å². The Hall–Kier alpha value is -0.380. The van der Waals surface area contributed by atoms with Crippen LogP contribution in [0.1, 0.15) is 12.5 Å². The van der Waals surface area contributed by atoms with Gasteiger partial charge < -0.3 is 4.74 Å². The summed E-state index contributed by atoms with van der Waals surface area (Å²) in [7, 11) is 3.85. The van der Waals surface area contributed by atoms with Crippen LogP contribution in [0.3, 0.4) is 0 Å². The molecular formula is C12H18BrNO. The van der Waals surface area contributed by atoms with Crippen LogP contribution in [0.2, 0.25) is 0 Å². The Morgan fingerprint density at radius 3 is 2.67 bits per heavy atom. The first kappa shape index (κ1) is 12.7. The Morgan fingerprint density at radius 2 is 2.07 bits per heavy atom. The summed E-state index contributed by atoms with van der Waals surface area (Å²) in [6.45, 7) is 3.87. The van der Waals surface area contributed by atoms with E-state index >= 15 is 0 Å². The molecule has 1 aromatic carbocycles. The minimum absolute atomic E-state index is 0.433. The van der Waals surface area contributed by atoms with E-state index < -0.39 is 0 Å². The fourth-order valence-electron chi connectivity index (χ4n) is 1.42. The van der Waals surface area contributed by atoms with Crippen molar-refractivity contribution in [1.29, 1.82) is 0 Å². The lowest BCUT2D eigenvalue weighted by atomic mass is 10.2. The first-order valence-corrected chi connectivity index (χ1v) is 5.87. The zero-order valence-corrected chi connectivity index (χ0v) is 11.1. The summed E-state index contributed by atoms with van der Waals surface area (Å²) in [5.74, 6) is 0. The van der Waals surface area contributed by atoms with E-state index in [0.29, 0.717) is 6.04 Å². The van der Waals surface area contributed by atoms with E-state index in [9.17, 15) is 0 Å². The lowest BCUT2D eigenvalue weighted by Crippen LogP contribution is -2.32. The van der Waals surface area contributed by atoms with Crippen molar-refractivity contribution in [3.8, 4) is 0 Å². The highest BCUT2D eigenvalue weighted by Crippen LogP contribution is 2.18. The summed E-state index contributed by atoms with van der Waals surface area (Å²) in [6.07, 6.45) is 0. The van der Waals surface area contributed by atoms with Crippen LogP contribution in [0.4, 0.5) is 0 Å². The molecule has 1 atom stereocenters. The van der Waals surface area contributed by atoms with Gasteiger partial charge in [0.25, 0.3) is 0 Å². The highest BCUT2D eigenvalue weighted by molar-refractivity contribution is 9.10. The van der Waals surface area contributed by atoms with Crippen LogP contribution >= 0.6 is 15.9 Å². The number of hydrogen-bond acceptors (Lipinski definition) is 2. The maximum Gasteiger partial charge on any atom is 0.0615 e. The molecule has 0 fully saturated rings. The molecule has 0 radical (unpaired) electrons. The van der Waals surface area contributed by atoms with Crippen molar-refractivity contribution >= 4 is 15.9 Å². The van der Waals surface area contributed by atoms with Crippen molar-refractivity contribution in [2.45, 2.75) is 19.5 Å². The zero-order valence-electron chi connectivity index (χ0n) is 9.53. The number of methoxy groups -OCH3 is 1. The smallest absolute Gasteiger partial charge is 0.0615 e. The molecule has 0 aliphatic rings. The van der Waals surface area contributed by atoms with Crippen LogP contribution in [-0.2, 0) is 11.3 Å². The van der Waals surface area contributed by atoms with Crippen LogP contribution in [0, 0.1) is 0 Å². The summed E-state index contributed by atoms with van der Waals surface area (Å²) in [5, 5.41) is 0. The maximum absolute atomic E-state index is 5.14. The quantitative estimate of drug-likeness (QED) is 0.817. The lowest BCUT2D eigenvalue weighted by molar-refractivity contribution is 0.112. The molecule has 3 heteroatoms. The fraction of sp³-hybridized carbons (Fsp3) is 0.500. The van der Waals surface area contributed by atoms with Crippen molar-refractivity contribution in [1.82, 2.24) is 4.90 Å². The largest absolute Gasteiger partial charge is 0.383 e. The van der Waals surface area contributed by atoms with E-state index in [4.69, 9.17) is 4.74 Å². The molecule has 15 heavy (non-hydrogen) atoms. The van der Waals surface area contributed by atoms with E-state index in [0.717, 1.165) is 13.2 Å². The number of hydrogen-bond donors (Lipinski definition) is 0. The Kier molecular flexibility index (Phi) is 5.29. The highest BCUT2D eigenvalue weighted by Gasteiger charge is 2.10. The van der Waals surface area contributed by atoms with E-state index in [2.05, 4.69) is 53.0 Å². The van der Waals surface area contributed by atoms with Gasteiger partial charge in [0.1, 0.15) is 0 Å². The minimum atomic E-state index is 0.433. The summed E-state index contributed by atoms with van der Waals surface area (Å²) in [4.78, 5) is 2.28. The molecule has 0 aliphatic heterocycles. The average Bonchev–Trinajstić information content (AvgIpc) is 2.21. The minimum Gasteiger partial charge on any atom is -0.383 e. The second kappa shape index (κ2) is 6.26. The molecule has 1 rings (SSSR count). The molecule has 0 saturated heterocycles. The first-order chi connectivity index (χ1) is 7.15. The third kappa shape index (κ3) is 3.93. The summed E-state index contributed by atoms with van der Waals surface area (Å²) in [5.41, 5.74) is 1.31. The maximum atomic E-state index is 5.14. The standard InChI is InChI=1S/C12H18BrNO/c1-10(9-15-3)14(2)8-11-6-4-5-7-12(11)13/h4-7,10H,8-9H2,1-3H3. The normalized spacial score (nSPS) is 13.1. The molecule has 1 unspecified atom stereocenters. The van der Waals surface area contributed by atoms with Gasteiger partial charge in [-0.1, -0.05) is 34.1 Å². The highest BCUT2D eigenvalue weighted by atomic mass is 79.9. The fourth-order valence-corrected chi connectivity index (χ4v) is 1.83. The number of halogens is 1. The molecule has 0 aromatic heterocycles. The van der Waals surface area contributed by atoms with Crippen LogP contribution in [0.5, 0.6) is 0 Å². The van der Waals surface area contributed by atoms with Gasteiger partial charge in [-0.2, -0.15) is 0 Å². The Labute approximate surface area is 100 Å². The zero-order chi connectivity index (χ0) is 11.3. The van der Waals surface area contributed by atoms with Gasteiger partial charge in [0.15, 0.2) is 0 Å². The first-order valence-electron chi connectivity index (χ1n) is 5.07. The third-order valence-electron chi connectivity index (χ3n) is 2.54. The predicted octanol–water partition coefficient (Wildman–Crippen LogP) is 2.92. The van der Waals surface area contributed by atoms with Gasteiger partial charge in [0.2, 0.25) is 0 Å². The molecule has 0 amide bonds. The third-order valence-corrected chi connectivity index (χ3v) is 3.31. The van der Waals surface area contributed by atoms with E-state index in [1.807, 2.05) is 6.07 Å². The molecule has 0 N–H and O–H groups in total. The van der Waals surface area contributed by atoms with Gasteiger partial charge in [-0.15, -0.1) is 0 Å². The monoisotopic (exact) mass is 271 g/mol. The molecule has 1 aromatic rings. The van der Waals surface area contributed by atoms with Crippen LogP contribution in [0.25, 0.3) is 0 Å². The van der Waals surface area contributed by atoms with E-state index in [1.165, 1.54) is 10.0 Å². The predicted molar refractivity (Wildman–Crippen MR) is 66.9 cm³/mol. The summed E-state index contributed by atoms with van der Waals surface area (Å²) < 4.78 is 6.31. The number of likely N-dealkylation sites (N-methyl/N-ethyl adjacent to an activating group) is 1. The molecule has 84 valence electrons. The van der Waals surface area contributed by atoms with Gasteiger partial charge in [-0.3, -0.25) is 4.90 Å². The van der Waals surface area contributed by atoms with Crippen molar-refractivity contribution in [3.05, 3.63) is 34.3 Å². The number of ether oxygens (including phenoxy) is 1. The number of nitrogens with zero attached hydrogens (tertiary/aromatic N) is 1. The van der Waals surface area contributed by atoms with Crippen molar-refractivity contribution in [2.75, 3.05) is 20.8 Å². The van der Waals surface area contributed by atoms with Crippen molar-refractivity contribution in [2.24, 2.45) is 0 Å². The van der Waals surface area contributed by atoms with Crippen LogP contribution in [0.15, 0.2) is 28.7 Å². The Balaban J connectivity index is 2.58. The Morgan fingerprint density at radius 1 is 1.40 bits per heavy atom. The van der Waals surface area contributed by atoms with Gasteiger partial charge in [0.05, 0.1) is 6.61 Å². The number of rotatable bonds is 5. The van der Waals surface area contributed by atoms with Gasteiger partial charge in [0, 0.05) is 24.2 Å². The summed E-state index contributed by atoms with van der Waals surface area (Å²) >= 11 is 3.55.